The molecular weight excluding hydrogens is 266 g/mol. The fourth-order valence-electron chi connectivity index (χ4n) is 1.65. The number of nitro benzene ring substituents is 1. The van der Waals surface area contributed by atoms with Crippen molar-refractivity contribution in [3.05, 3.63) is 44.9 Å². The number of hydrogen-bond donors (Lipinski definition) is 1. The number of benzene rings is 1. The largest absolute Gasteiger partial charge is 0.496 e. The molecule has 0 bridgehead atoms. The Morgan fingerprint density at radius 2 is 2.32 bits per heavy atom. The van der Waals surface area contributed by atoms with Crippen LogP contribution in [0.15, 0.2) is 29.8 Å². The fraction of sp³-hybridized carbons (Fsp3) is 0.250. The predicted octanol–water partition coefficient (Wildman–Crippen LogP) is 3.23. The highest BCUT2D eigenvalue weighted by atomic mass is 32.1. The van der Waals surface area contributed by atoms with Crippen LogP contribution in [0.2, 0.25) is 0 Å². The molecule has 1 aromatic carbocycles. The third-order valence-corrected chi connectivity index (χ3v) is 3.55. The first-order valence-electron chi connectivity index (χ1n) is 5.60. The van der Waals surface area contributed by atoms with E-state index in [-0.39, 0.29) is 11.7 Å². The lowest BCUT2D eigenvalue weighted by molar-refractivity contribution is -0.384. The van der Waals surface area contributed by atoms with E-state index in [0.29, 0.717) is 11.4 Å². The van der Waals surface area contributed by atoms with E-state index in [1.165, 1.54) is 24.5 Å². The molecule has 0 amide bonds. The van der Waals surface area contributed by atoms with Gasteiger partial charge in [-0.05, 0) is 19.1 Å². The summed E-state index contributed by atoms with van der Waals surface area (Å²) in [6.45, 7) is 1.91. The van der Waals surface area contributed by atoms with Crippen molar-refractivity contribution in [2.45, 2.75) is 13.0 Å². The zero-order valence-corrected chi connectivity index (χ0v) is 11.3. The first-order valence-corrected chi connectivity index (χ1v) is 6.48. The van der Waals surface area contributed by atoms with Gasteiger partial charge in [0.05, 0.1) is 24.1 Å². The molecule has 0 aliphatic heterocycles. The van der Waals surface area contributed by atoms with Gasteiger partial charge in [-0.3, -0.25) is 10.1 Å². The van der Waals surface area contributed by atoms with Gasteiger partial charge >= 0.3 is 0 Å². The van der Waals surface area contributed by atoms with E-state index in [2.05, 4.69) is 10.3 Å². The van der Waals surface area contributed by atoms with Gasteiger partial charge in [0.2, 0.25) is 0 Å². The van der Waals surface area contributed by atoms with Crippen LogP contribution in [0.25, 0.3) is 0 Å². The predicted molar refractivity (Wildman–Crippen MR) is 73.8 cm³/mol. The number of aromatic nitrogens is 1. The Bertz CT molecular complexity index is 572. The van der Waals surface area contributed by atoms with Gasteiger partial charge in [0.1, 0.15) is 16.4 Å². The highest BCUT2D eigenvalue weighted by Crippen LogP contribution is 2.31. The van der Waals surface area contributed by atoms with E-state index in [1.807, 2.05) is 12.3 Å². The quantitative estimate of drug-likeness (QED) is 0.671. The number of ether oxygens (including phenoxy) is 1. The molecule has 1 aromatic heterocycles. The number of nitrogens with zero attached hydrogens (tertiary/aromatic N) is 2. The summed E-state index contributed by atoms with van der Waals surface area (Å²) < 4.78 is 4.99. The number of anilines is 1. The van der Waals surface area contributed by atoms with Crippen molar-refractivity contribution in [1.29, 1.82) is 0 Å². The highest BCUT2D eigenvalue weighted by molar-refractivity contribution is 7.09. The Labute approximate surface area is 114 Å². The summed E-state index contributed by atoms with van der Waals surface area (Å²) in [5.74, 6) is 0.458. The van der Waals surface area contributed by atoms with Crippen molar-refractivity contribution in [3.63, 3.8) is 0 Å². The summed E-state index contributed by atoms with van der Waals surface area (Å²) in [6.07, 6.45) is 1.71. The molecule has 7 heteroatoms. The molecule has 1 atom stereocenters. The van der Waals surface area contributed by atoms with Crippen LogP contribution in [0.4, 0.5) is 11.4 Å². The molecule has 0 aliphatic rings. The minimum absolute atomic E-state index is 0.0113. The van der Waals surface area contributed by atoms with Crippen LogP contribution in [0, 0.1) is 10.1 Å². The molecule has 0 radical (unpaired) electrons. The van der Waals surface area contributed by atoms with Gasteiger partial charge in [-0.15, -0.1) is 11.3 Å². The molecule has 0 saturated heterocycles. The summed E-state index contributed by atoms with van der Waals surface area (Å²) in [4.78, 5) is 14.8. The SMILES string of the molecule is COc1ccc(NC(C)c2nccs2)c([N+](=O)[O-])c1. The lowest BCUT2D eigenvalue weighted by atomic mass is 10.2. The molecule has 0 aliphatic carbocycles. The van der Waals surface area contributed by atoms with Crippen molar-refractivity contribution in [2.24, 2.45) is 0 Å². The number of rotatable bonds is 5. The molecule has 0 spiro atoms. The molecule has 1 unspecified atom stereocenters. The van der Waals surface area contributed by atoms with E-state index in [0.717, 1.165) is 5.01 Å². The zero-order valence-electron chi connectivity index (χ0n) is 10.5. The lowest BCUT2D eigenvalue weighted by Gasteiger charge is -2.13. The van der Waals surface area contributed by atoms with Gasteiger partial charge in [-0.25, -0.2) is 4.98 Å². The molecule has 100 valence electrons. The molecule has 2 aromatic rings. The second kappa shape index (κ2) is 5.66. The van der Waals surface area contributed by atoms with Gasteiger partial charge in [0.15, 0.2) is 0 Å². The fourth-order valence-corrected chi connectivity index (χ4v) is 2.30. The van der Waals surface area contributed by atoms with Crippen molar-refractivity contribution >= 4 is 22.7 Å². The molecule has 0 fully saturated rings. The molecule has 1 heterocycles. The van der Waals surface area contributed by atoms with E-state index in [4.69, 9.17) is 4.74 Å². The van der Waals surface area contributed by atoms with Gasteiger partial charge in [-0.1, -0.05) is 0 Å². The number of nitrogens with one attached hydrogen (secondary N) is 1. The Morgan fingerprint density at radius 1 is 1.53 bits per heavy atom. The first kappa shape index (κ1) is 13.3. The first-order chi connectivity index (χ1) is 9.11. The second-order valence-electron chi connectivity index (χ2n) is 3.88. The topological polar surface area (TPSA) is 77.3 Å². The van der Waals surface area contributed by atoms with Crippen molar-refractivity contribution in [2.75, 3.05) is 12.4 Å². The summed E-state index contributed by atoms with van der Waals surface area (Å²) in [7, 11) is 1.48. The summed E-state index contributed by atoms with van der Waals surface area (Å²) in [6, 6.07) is 4.63. The third-order valence-electron chi connectivity index (χ3n) is 2.60. The zero-order chi connectivity index (χ0) is 13.8. The second-order valence-corrected chi connectivity index (χ2v) is 4.80. The van der Waals surface area contributed by atoms with E-state index < -0.39 is 4.92 Å². The van der Waals surface area contributed by atoms with Gasteiger partial charge in [0, 0.05) is 11.6 Å². The smallest absolute Gasteiger partial charge is 0.296 e. The van der Waals surface area contributed by atoms with Crippen molar-refractivity contribution < 1.29 is 9.66 Å². The Kier molecular flexibility index (Phi) is 3.96. The van der Waals surface area contributed by atoms with Crippen LogP contribution in [-0.2, 0) is 0 Å². The van der Waals surface area contributed by atoms with E-state index in [1.54, 1.807) is 18.3 Å². The molecule has 0 saturated carbocycles. The Morgan fingerprint density at radius 3 is 2.89 bits per heavy atom. The Hall–Kier alpha value is -2.15. The maximum absolute atomic E-state index is 11.1. The minimum atomic E-state index is -0.431. The average molecular weight is 279 g/mol. The maximum Gasteiger partial charge on any atom is 0.296 e. The summed E-state index contributed by atoms with van der Waals surface area (Å²) in [5, 5.41) is 16.9. The molecule has 2 rings (SSSR count). The lowest BCUT2D eigenvalue weighted by Crippen LogP contribution is -2.08. The normalized spacial score (nSPS) is 11.9. The minimum Gasteiger partial charge on any atom is -0.496 e. The molecular formula is C12H13N3O3S. The van der Waals surface area contributed by atoms with Crippen LogP contribution in [0.1, 0.15) is 18.0 Å². The maximum atomic E-state index is 11.1. The third kappa shape index (κ3) is 3.00. The van der Waals surface area contributed by atoms with Gasteiger partial charge in [-0.2, -0.15) is 0 Å². The van der Waals surface area contributed by atoms with Crippen LogP contribution in [-0.4, -0.2) is 17.0 Å². The molecule has 1 N–H and O–H groups in total. The van der Waals surface area contributed by atoms with Crippen LogP contribution in [0.3, 0.4) is 0 Å². The van der Waals surface area contributed by atoms with Crippen LogP contribution < -0.4 is 10.1 Å². The number of hydrogen-bond acceptors (Lipinski definition) is 6. The molecule has 6 nitrogen and oxygen atoms in total. The van der Waals surface area contributed by atoms with E-state index >= 15 is 0 Å². The summed E-state index contributed by atoms with van der Waals surface area (Å²) in [5.41, 5.74) is 0.441. The number of nitro groups is 1. The highest BCUT2D eigenvalue weighted by Gasteiger charge is 2.18. The number of thiazole rings is 1. The van der Waals surface area contributed by atoms with Crippen LogP contribution in [0.5, 0.6) is 5.75 Å². The van der Waals surface area contributed by atoms with Gasteiger partial charge < -0.3 is 10.1 Å². The number of methoxy groups -OCH3 is 1. The monoisotopic (exact) mass is 279 g/mol. The standard InChI is InChI=1S/C12H13N3O3S/c1-8(12-13-5-6-19-12)14-10-4-3-9(18-2)7-11(10)15(16)17/h3-8,14H,1-2H3. The van der Waals surface area contributed by atoms with Gasteiger partial charge in [0.25, 0.3) is 5.69 Å². The van der Waals surface area contributed by atoms with E-state index in [9.17, 15) is 10.1 Å². The van der Waals surface area contributed by atoms with Crippen molar-refractivity contribution in [1.82, 2.24) is 4.98 Å². The molecule has 19 heavy (non-hydrogen) atoms. The van der Waals surface area contributed by atoms with Crippen LogP contribution >= 0.6 is 11.3 Å². The van der Waals surface area contributed by atoms with Crippen molar-refractivity contribution in [3.8, 4) is 5.75 Å². The summed E-state index contributed by atoms with van der Waals surface area (Å²) >= 11 is 1.50. The average Bonchev–Trinajstić information content (AvgIpc) is 2.92. The Balaban J connectivity index is 2.27.